The van der Waals surface area contributed by atoms with Gasteiger partial charge in [0, 0.05) is 10.6 Å². The van der Waals surface area contributed by atoms with Crippen LogP contribution in [0.25, 0.3) is 0 Å². The standard InChI is InChI=1S/C8H8NS2/c1-10-8-9-6-4-2-3-5-7(6)11-8/h2-5,9H,1H3. The first-order valence-corrected chi connectivity index (χ1v) is 5.39. The van der Waals surface area contributed by atoms with E-state index in [1.807, 2.05) is 0 Å². The molecule has 0 bridgehead atoms. The minimum Gasteiger partial charge on any atom is -0.358 e. The first-order valence-electron chi connectivity index (χ1n) is 3.35. The Balaban J connectivity index is 2.27. The van der Waals surface area contributed by atoms with Crippen LogP contribution in [-0.4, -0.2) is 6.26 Å². The zero-order valence-electron chi connectivity index (χ0n) is 6.13. The molecule has 0 aromatic heterocycles. The van der Waals surface area contributed by atoms with E-state index in [-0.39, 0.29) is 0 Å². The first-order chi connectivity index (χ1) is 5.40. The van der Waals surface area contributed by atoms with Crippen molar-refractivity contribution in [2.24, 2.45) is 0 Å². The van der Waals surface area contributed by atoms with Crippen LogP contribution >= 0.6 is 23.5 Å². The minimum absolute atomic E-state index is 1.24. The predicted molar refractivity (Wildman–Crippen MR) is 52.7 cm³/mol. The number of nitrogens with one attached hydrogen (secondary N) is 1. The van der Waals surface area contributed by atoms with E-state index in [0.29, 0.717) is 0 Å². The van der Waals surface area contributed by atoms with Gasteiger partial charge in [0.05, 0.1) is 0 Å². The summed E-state index contributed by atoms with van der Waals surface area (Å²) >= 11 is 3.56. The van der Waals surface area contributed by atoms with Gasteiger partial charge in [-0.2, -0.15) is 0 Å². The quantitative estimate of drug-likeness (QED) is 0.717. The van der Waals surface area contributed by atoms with Crippen molar-refractivity contribution in [3.63, 3.8) is 0 Å². The fourth-order valence-corrected chi connectivity index (χ4v) is 2.54. The first kappa shape index (κ1) is 7.37. The third kappa shape index (κ3) is 1.35. The Morgan fingerprint density at radius 2 is 2.18 bits per heavy atom. The lowest BCUT2D eigenvalue weighted by molar-refractivity contribution is 1.45. The molecule has 0 aliphatic carbocycles. The molecule has 11 heavy (non-hydrogen) atoms. The van der Waals surface area contributed by atoms with Crippen molar-refractivity contribution in [1.29, 1.82) is 0 Å². The van der Waals surface area contributed by atoms with Crippen molar-refractivity contribution < 1.29 is 0 Å². The van der Waals surface area contributed by atoms with E-state index in [0.717, 1.165) is 0 Å². The fourth-order valence-electron chi connectivity index (χ4n) is 0.987. The molecule has 0 atom stereocenters. The molecule has 57 valence electrons. The van der Waals surface area contributed by atoms with Crippen LogP contribution < -0.4 is 5.32 Å². The molecule has 0 saturated carbocycles. The molecule has 1 radical (unpaired) electrons. The molecule has 2 rings (SSSR count). The maximum absolute atomic E-state index is 3.33. The van der Waals surface area contributed by atoms with Crippen molar-refractivity contribution in [3.05, 3.63) is 29.0 Å². The molecule has 1 N–H and O–H groups in total. The zero-order chi connectivity index (χ0) is 7.68. The number of hydrogen-bond donors (Lipinski definition) is 1. The SMILES string of the molecule is CS[C]1Nc2ccccc2S1. The van der Waals surface area contributed by atoms with Crippen LogP contribution in [0.2, 0.25) is 0 Å². The van der Waals surface area contributed by atoms with E-state index in [1.165, 1.54) is 15.3 Å². The molecule has 3 heteroatoms. The molecular formula is C8H8NS2. The van der Waals surface area contributed by atoms with Crippen molar-refractivity contribution >= 4 is 29.2 Å². The highest BCUT2D eigenvalue weighted by Gasteiger charge is 2.20. The molecule has 1 aliphatic heterocycles. The van der Waals surface area contributed by atoms with E-state index >= 15 is 0 Å². The smallest absolute Gasteiger partial charge is 0.178 e. The highest BCUT2D eigenvalue weighted by atomic mass is 32.2. The predicted octanol–water partition coefficient (Wildman–Crippen LogP) is 3.01. The number of hydrogen-bond acceptors (Lipinski definition) is 3. The van der Waals surface area contributed by atoms with Crippen LogP contribution in [0.4, 0.5) is 5.69 Å². The molecule has 1 nitrogen and oxygen atoms in total. The number of fused-ring (bicyclic) bond motifs is 1. The largest absolute Gasteiger partial charge is 0.358 e. The van der Waals surface area contributed by atoms with Gasteiger partial charge in [0.25, 0.3) is 0 Å². The van der Waals surface area contributed by atoms with Crippen molar-refractivity contribution in [2.75, 3.05) is 11.6 Å². The van der Waals surface area contributed by atoms with Crippen molar-refractivity contribution in [3.8, 4) is 0 Å². The number of benzene rings is 1. The highest BCUT2D eigenvalue weighted by molar-refractivity contribution is 8.20. The molecule has 0 unspecified atom stereocenters. The monoisotopic (exact) mass is 182 g/mol. The highest BCUT2D eigenvalue weighted by Crippen LogP contribution is 2.46. The second-order valence-electron chi connectivity index (χ2n) is 2.21. The van der Waals surface area contributed by atoms with Gasteiger partial charge >= 0.3 is 0 Å². The molecular weight excluding hydrogens is 174 g/mol. The Morgan fingerprint density at radius 3 is 2.91 bits per heavy atom. The number of thioether (sulfide) groups is 2. The molecule has 1 heterocycles. The van der Waals surface area contributed by atoms with E-state index in [1.54, 1.807) is 23.5 Å². The normalized spacial score (nSPS) is 16.1. The summed E-state index contributed by atoms with van der Waals surface area (Å²) < 4.78 is 1.27. The molecule has 0 spiro atoms. The summed E-state index contributed by atoms with van der Waals surface area (Å²) in [4.78, 5) is 1.33. The van der Waals surface area contributed by atoms with Gasteiger partial charge in [-0.3, -0.25) is 0 Å². The van der Waals surface area contributed by atoms with E-state index in [4.69, 9.17) is 0 Å². The molecule has 1 aliphatic rings. The number of para-hydroxylation sites is 1. The topological polar surface area (TPSA) is 12.0 Å². The maximum Gasteiger partial charge on any atom is 0.178 e. The third-order valence-corrected chi connectivity index (χ3v) is 3.60. The average Bonchev–Trinajstić information content (AvgIpc) is 2.46. The summed E-state index contributed by atoms with van der Waals surface area (Å²) in [6, 6.07) is 8.36. The van der Waals surface area contributed by atoms with Crippen LogP contribution in [0, 0.1) is 4.71 Å². The summed E-state index contributed by atoms with van der Waals surface area (Å²) in [5.74, 6) is 0. The van der Waals surface area contributed by atoms with Gasteiger partial charge in [-0.15, -0.1) is 11.8 Å². The van der Waals surface area contributed by atoms with Gasteiger partial charge in [-0.1, -0.05) is 23.9 Å². The van der Waals surface area contributed by atoms with E-state index in [2.05, 4.69) is 35.8 Å². The van der Waals surface area contributed by atoms with Crippen LogP contribution in [0.5, 0.6) is 0 Å². The minimum atomic E-state index is 1.24. The van der Waals surface area contributed by atoms with Gasteiger partial charge in [0.1, 0.15) is 0 Å². The Bertz CT molecular complexity index is 237. The van der Waals surface area contributed by atoms with Crippen molar-refractivity contribution in [2.45, 2.75) is 4.90 Å². The Kier molecular flexibility index (Phi) is 2.00. The van der Waals surface area contributed by atoms with Gasteiger partial charge in [-0.05, 0) is 18.4 Å². The third-order valence-electron chi connectivity index (χ3n) is 1.51. The lowest BCUT2D eigenvalue weighted by atomic mass is 10.3. The van der Waals surface area contributed by atoms with E-state index in [9.17, 15) is 0 Å². The van der Waals surface area contributed by atoms with Gasteiger partial charge in [0.15, 0.2) is 4.71 Å². The van der Waals surface area contributed by atoms with Crippen LogP contribution in [-0.2, 0) is 0 Å². The molecule has 1 aromatic carbocycles. The van der Waals surface area contributed by atoms with Crippen LogP contribution in [0.15, 0.2) is 29.2 Å². The number of anilines is 1. The number of rotatable bonds is 1. The summed E-state index contributed by atoms with van der Waals surface area (Å²) in [5.41, 5.74) is 1.24. The van der Waals surface area contributed by atoms with E-state index < -0.39 is 0 Å². The summed E-state index contributed by atoms with van der Waals surface area (Å²) in [5, 5.41) is 3.33. The second-order valence-corrected chi connectivity index (χ2v) is 4.34. The maximum atomic E-state index is 3.33. The zero-order valence-corrected chi connectivity index (χ0v) is 7.76. The van der Waals surface area contributed by atoms with Gasteiger partial charge < -0.3 is 5.32 Å². The summed E-state index contributed by atoms with van der Waals surface area (Å²) in [7, 11) is 0. The Hall–Kier alpha value is -0.280. The van der Waals surface area contributed by atoms with Crippen molar-refractivity contribution in [1.82, 2.24) is 0 Å². The Morgan fingerprint density at radius 1 is 1.36 bits per heavy atom. The second kappa shape index (κ2) is 2.99. The average molecular weight is 182 g/mol. The van der Waals surface area contributed by atoms with Crippen LogP contribution in [0.3, 0.4) is 0 Å². The van der Waals surface area contributed by atoms with Gasteiger partial charge in [0.2, 0.25) is 0 Å². The summed E-state index contributed by atoms with van der Waals surface area (Å²) in [6.07, 6.45) is 2.08. The Labute approximate surface area is 75.0 Å². The molecule has 0 amide bonds. The van der Waals surface area contributed by atoms with Crippen LogP contribution in [0.1, 0.15) is 0 Å². The molecule has 1 aromatic rings. The lowest BCUT2D eigenvalue weighted by Gasteiger charge is -2.01. The molecule has 0 saturated heterocycles. The summed E-state index contributed by atoms with van der Waals surface area (Å²) in [6.45, 7) is 0. The molecule has 0 fully saturated rings. The lowest BCUT2D eigenvalue weighted by Crippen LogP contribution is -1.92. The van der Waals surface area contributed by atoms with Gasteiger partial charge in [-0.25, -0.2) is 0 Å². The fraction of sp³-hybridized carbons (Fsp3) is 0.125.